The van der Waals surface area contributed by atoms with E-state index in [1.165, 1.54) is 0 Å². The van der Waals surface area contributed by atoms with Crippen molar-refractivity contribution in [2.45, 2.75) is 0 Å². The number of pyridine rings is 2. The number of fused-ring (bicyclic) bond motifs is 5. The van der Waals surface area contributed by atoms with Gasteiger partial charge in [0.1, 0.15) is 11.5 Å². The Hall–Kier alpha value is -6.06. The van der Waals surface area contributed by atoms with Crippen molar-refractivity contribution >= 4 is 43.4 Å². The van der Waals surface area contributed by atoms with Gasteiger partial charge in [-0.15, -0.1) is 0 Å². The highest BCUT2D eigenvalue weighted by Crippen LogP contribution is 2.38. The van der Waals surface area contributed by atoms with Crippen LogP contribution in [-0.2, 0) is 0 Å². The van der Waals surface area contributed by atoms with Crippen LogP contribution < -0.4 is 0 Å². The van der Waals surface area contributed by atoms with Gasteiger partial charge in [0.05, 0.1) is 34.5 Å². The Morgan fingerprint density at radius 2 is 1.18 bits per heavy atom. The van der Waals surface area contributed by atoms with E-state index in [0.717, 1.165) is 32.8 Å². The lowest BCUT2D eigenvalue weighted by Gasteiger charge is -2.13. The summed E-state index contributed by atoms with van der Waals surface area (Å²) in [7, 11) is 0. The topological polar surface area (TPSA) is 38.9 Å². The number of hydrogen-bond acceptors (Lipinski definition) is 3. The smallest absolute Gasteiger partial charge is 0.135 e. The summed E-state index contributed by atoms with van der Waals surface area (Å²) in [4.78, 5) is 9.58. The van der Waals surface area contributed by atoms with Crippen molar-refractivity contribution in [3.8, 4) is 45.0 Å². The van der Waals surface area contributed by atoms with Crippen LogP contribution in [0.4, 0.5) is 0 Å². The Bertz CT molecular complexity index is 3250. The Morgan fingerprint density at radius 1 is 0.467 bits per heavy atom. The number of nitrogens with zero attached hydrogens (tertiary/aromatic N) is 2. The van der Waals surface area contributed by atoms with Gasteiger partial charge in [-0.2, -0.15) is 0 Å². The van der Waals surface area contributed by atoms with Gasteiger partial charge in [0.15, 0.2) is 0 Å². The van der Waals surface area contributed by atoms with Gasteiger partial charge in [-0.3, -0.25) is 4.98 Å². The molecule has 3 heteroatoms. The second-order valence-corrected chi connectivity index (χ2v) is 10.4. The van der Waals surface area contributed by atoms with Crippen molar-refractivity contribution in [1.82, 2.24) is 9.97 Å². The second-order valence-electron chi connectivity index (χ2n) is 10.4. The third-order valence-corrected chi connectivity index (χ3v) is 7.79. The predicted molar refractivity (Wildman–Crippen MR) is 186 cm³/mol. The van der Waals surface area contributed by atoms with Crippen LogP contribution in [0.3, 0.4) is 0 Å². The zero-order chi connectivity index (χ0) is 41.1. The molecule has 3 nitrogen and oxygen atoms in total. The maximum atomic E-state index is 9.18. The Kier molecular flexibility index (Phi) is 3.57. The van der Waals surface area contributed by atoms with E-state index in [0.29, 0.717) is 16.6 Å². The minimum atomic E-state index is -0.704. The van der Waals surface area contributed by atoms with Crippen molar-refractivity contribution in [3.63, 3.8) is 0 Å². The van der Waals surface area contributed by atoms with Crippen LogP contribution >= 0.6 is 0 Å². The first-order chi connectivity index (χ1) is 27.7. The normalized spacial score (nSPS) is 15.6. The minimum Gasteiger partial charge on any atom is -0.456 e. The molecular formula is C42H26N2O. The van der Waals surface area contributed by atoms with Crippen molar-refractivity contribution in [3.05, 3.63) is 158 Å². The number of aromatic nitrogens is 2. The molecule has 0 amide bonds. The van der Waals surface area contributed by atoms with Crippen LogP contribution in [0.1, 0.15) is 17.8 Å². The maximum Gasteiger partial charge on any atom is 0.135 e. The largest absolute Gasteiger partial charge is 0.456 e. The van der Waals surface area contributed by atoms with Gasteiger partial charge in [-0.1, -0.05) is 127 Å². The summed E-state index contributed by atoms with van der Waals surface area (Å²) < 4.78 is 119. The lowest BCUT2D eigenvalue weighted by molar-refractivity contribution is 0.598. The molecule has 0 radical (unpaired) electrons. The molecule has 0 atom stereocenters. The van der Waals surface area contributed by atoms with E-state index in [2.05, 4.69) is 4.98 Å². The Labute approximate surface area is 278 Å². The third-order valence-electron chi connectivity index (χ3n) is 7.79. The van der Waals surface area contributed by atoms with Crippen molar-refractivity contribution in [2.75, 3.05) is 0 Å². The second kappa shape index (κ2) is 10.3. The van der Waals surface area contributed by atoms with Crippen LogP contribution in [0.2, 0.25) is 0 Å². The molecule has 0 aliphatic heterocycles. The molecule has 0 fully saturated rings. The number of benzene rings is 6. The van der Waals surface area contributed by atoms with E-state index in [9.17, 15) is 2.74 Å². The molecule has 3 heterocycles. The monoisotopic (exact) mass is 587 g/mol. The van der Waals surface area contributed by atoms with E-state index < -0.39 is 101 Å². The van der Waals surface area contributed by atoms with Gasteiger partial charge < -0.3 is 4.42 Å². The van der Waals surface area contributed by atoms with Crippen molar-refractivity contribution in [1.29, 1.82) is 0 Å². The minimum absolute atomic E-state index is 0.0205. The van der Waals surface area contributed by atoms with E-state index in [1.807, 2.05) is 60.7 Å². The fourth-order valence-electron chi connectivity index (χ4n) is 5.65. The first kappa shape index (κ1) is 15.6. The fourth-order valence-corrected chi connectivity index (χ4v) is 5.65. The summed E-state index contributed by atoms with van der Waals surface area (Å²) in [6, 6.07) is 14.6. The third kappa shape index (κ3) is 4.29. The molecule has 0 N–H and O–H groups in total. The number of rotatable bonds is 4. The quantitative estimate of drug-likeness (QED) is 0.192. The van der Waals surface area contributed by atoms with E-state index in [1.54, 1.807) is 18.3 Å². The molecule has 0 saturated carbocycles. The van der Waals surface area contributed by atoms with Crippen LogP contribution in [0.15, 0.2) is 162 Å². The summed E-state index contributed by atoms with van der Waals surface area (Å²) in [6.45, 7) is 0. The SMILES string of the molecule is [2H]c1c(-c2c([2H])c([2H])c(-c3ccc(-c4ccc5ccc6cccnc6c5n4)c4ccccc34)c([2H])c2[2H])oc(-c2c([2H])c([2H])c([2H])c3c([2H])c([2H])c([2H])c([2H])c23)c1[2H]. The van der Waals surface area contributed by atoms with Crippen molar-refractivity contribution < 1.29 is 22.2 Å². The molecule has 0 aliphatic carbocycles. The lowest BCUT2D eigenvalue weighted by Crippen LogP contribution is -1.91. The van der Waals surface area contributed by atoms with Crippen LogP contribution in [0.25, 0.3) is 88.4 Å². The molecular weight excluding hydrogens is 548 g/mol. The number of hydrogen-bond donors (Lipinski definition) is 0. The Balaban J connectivity index is 1.22. The van der Waals surface area contributed by atoms with Gasteiger partial charge in [-0.25, -0.2) is 4.98 Å². The van der Waals surface area contributed by atoms with Gasteiger partial charge in [0.2, 0.25) is 0 Å². The summed E-state index contributed by atoms with van der Waals surface area (Å²) in [5.74, 6) is -1.09. The van der Waals surface area contributed by atoms with E-state index >= 15 is 0 Å². The first-order valence-corrected chi connectivity index (χ1v) is 14.1. The summed E-state index contributed by atoms with van der Waals surface area (Å²) in [5.41, 5.74) is 2.44. The first-order valence-electron chi connectivity index (χ1n) is 20.6. The average Bonchev–Trinajstić information content (AvgIpc) is 3.52. The summed E-state index contributed by atoms with van der Waals surface area (Å²) in [6.07, 6.45) is 1.72. The van der Waals surface area contributed by atoms with Crippen LogP contribution in [-0.4, -0.2) is 9.97 Å². The highest BCUT2D eigenvalue weighted by molar-refractivity contribution is 6.07. The van der Waals surface area contributed by atoms with Gasteiger partial charge in [0.25, 0.3) is 0 Å². The maximum absolute atomic E-state index is 9.18. The molecule has 0 saturated heterocycles. The van der Waals surface area contributed by atoms with E-state index in [4.69, 9.17) is 24.5 Å². The fraction of sp³-hybridized carbons (Fsp3) is 0. The summed E-state index contributed by atoms with van der Waals surface area (Å²) in [5, 5.41) is 2.51. The highest BCUT2D eigenvalue weighted by atomic mass is 16.3. The van der Waals surface area contributed by atoms with E-state index in [-0.39, 0.29) is 16.3 Å². The van der Waals surface area contributed by atoms with Gasteiger partial charge >= 0.3 is 0 Å². The van der Waals surface area contributed by atoms with Gasteiger partial charge in [0, 0.05) is 33.7 Å². The molecule has 6 aromatic carbocycles. The van der Waals surface area contributed by atoms with Gasteiger partial charge in [-0.05, 0) is 56.9 Å². The molecule has 9 rings (SSSR count). The molecule has 3 aromatic heterocycles. The molecule has 9 aromatic rings. The molecule has 0 aliphatic rings. The molecule has 210 valence electrons. The van der Waals surface area contributed by atoms with Crippen LogP contribution in [0.5, 0.6) is 0 Å². The molecule has 0 bridgehead atoms. The molecule has 45 heavy (non-hydrogen) atoms. The van der Waals surface area contributed by atoms with Crippen molar-refractivity contribution in [2.24, 2.45) is 0 Å². The Morgan fingerprint density at radius 3 is 2.07 bits per heavy atom. The predicted octanol–water partition coefficient (Wildman–Crippen LogP) is 11.4. The highest BCUT2D eigenvalue weighted by Gasteiger charge is 2.14. The standard InChI is InChI=1S/C42H26N2O/c1-2-10-32-27(7-1)8-5-13-37(32)40-25-24-39(45-40)29-16-14-28(15-17-29)33-21-22-36(35-12-4-3-11-34(33)35)38-23-20-31-19-18-30-9-6-26-43-41(30)42(31)44-38/h1-26H/i1D,2D,5D,7D,8D,10D,13D,14D,15D,16D,17D,24D,25D. The zero-order valence-corrected chi connectivity index (χ0v) is 23.3. The average molecular weight is 588 g/mol. The zero-order valence-electron chi connectivity index (χ0n) is 36.3. The lowest BCUT2D eigenvalue weighted by atomic mass is 9.93. The summed E-state index contributed by atoms with van der Waals surface area (Å²) >= 11 is 0. The number of furan rings is 1. The molecule has 0 unspecified atom stereocenters. The van der Waals surface area contributed by atoms with Crippen LogP contribution in [0, 0.1) is 0 Å². The molecule has 0 spiro atoms.